The van der Waals surface area contributed by atoms with E-state index in [2.05, 4.69) is 28.0 Å². The molecule has 0 saturated heterocycles. The number of anilines is 1. The summed E-state index contributed by atoms with van der Waals surface area (Å²) in [7, 11) is 0. The van der Waals surface area contributed by atoms with Crippen molar-refractivity contribution in [3.63, 3.8) is 0 Å². The Morgan fingerprint density at radius 3 is 2.80 bits per heavy atom. The molecule has 0 bridgehead atoms. The Labute approximate surface area is 90.9 Å². The summed E-state index contributed by atoms with van der Waals surface area (Å²) in [6.45, 7) is 2.29. The molecule has 2 saturated carbocycles. The molecule has 1 atom stereocenters. The Balaban J connectivity index is 1.67. The highest BCUT2D eigenvalue weighted by Gasteiger charge is 2.28. The van der Waals surface area contributed by atoms with Gasteiger partial charge in [0, 0.05) is 24.5 Å². The monoisotopic (exact) mass is 205 g/mol. The first-order valence-electron chi connectivity index (χ1n) is 6.14. The fourth-order valence-electron chi connectivity index (χ4n) is 2.33. The van der Waals surface area contributed by atoms with E-state index in [-0.39, 0.29) is 0 Å². The van der Waals surface area contributed by atoms with Crippen molar-refractivity contribution >= 4 is 5.95 Å². The molecule has 0 spiro atoms. The smallest absolute Gasteiger partial charge is 0.203 e. The lowest BCUT2D eigenvalue weighted by atomic mass is 9.80. The first-order chi connectivity index (χ1) is 7.34. The quantitative estimate of drug-likeness (QED) is 0.819. The van der Waals surface area contributed by atoms with Crippen molar-refractivity contribution in [3.05, 3.63) is 12.4 Å². The zero-order valence-corrected chi connectivity index (χ0v) is 9.32. The summed E-state index contributed by atoms with van der Waals surface area (Å²) < 4.78 is 2.30. The van der Waals surface area contributed by atoms with Crippen LogP contribution in [0, 0.1) is 5.92 Å². The molecular weight excluding hydrogens is 186 g/mol. The SMILES string of the molecule is CC(Nc1nccn1C1CC1)C1CCC1. The summed E-state index contributed by atoms with van der Waals surface area (Å²) in [5, 5.41) is 3.57. The van der Waals surface area contributed by atoms with Gasteiger partial charge in [0.2, 0.25) is 5.95 Å². The summed E-state index contributed by atoms with van der Waals surface area (Å²) in [6, 6.07) is 1.31. The molecule has 2 aliphatic rings. The Bertz CT molecular complexity index is 336. The number of imidazole rings is 1. The van der Waals surface area contributed by atoms with Gasteiger partial charge in [-0.2, -0.15) is 0 Å². The second-order valence-electron chi connectivity index (χ2n) is 5.01. The van der Waals surface area contributed by atoms with Crippen molar-refractivity contribution in [2.45, 2.75) is 51.1 Å². The Kier molecular flexibility index (Phi) is 2.19. The predicted octanol–water partition coefficient (Wildman–Crippen LogP) is 2.82. The molecule has 2 fully saturated rings. The van der Waals surface area contributed by atoms with Crippen LogP contribution in [0.2, 0.25) is 0 Å². The number of nitrogens with one attached hydrogen (secondary N) is 1. The minimum Gasteiger partial charge on any atom is -0.353 e. The molecule has 1 unspecified atom stereocenters. The van der Waals surface area contributed by atoms with Gasteiger partial charge in [-0.3, -0.25) is 0 Å². The first-order valence-corrected chi connectivity index (χ1v) is 6.14. The van der Waals surface area contributed by atoms with E-state index < -0.39 is 0 Å². The molecule has 1 heterocycles. The van der Waals surface area contributed by atoms with Crippen molar-refractivity contribution in [2.24, 2.45) is 5.92 Å². The van der Waals surface area contributed by atoms with Gasteiger partial charge >= 0.3 is 0 Å². The van der Waals surface area contributed by atoms with Gasteiger partial charge in [0.1, 0.15) is 0 Å². The topological polar surface area (TPSA) is 29.9 Å². The molecule has 0 amide bonds. The lowest BCUT2D eigenvalue weighted by Crippen LogP contribution is -2.31. The summed E-state index contributed by atoms with van der Waals surface area (Å²) in [5.74, 6) is 1.95. The van der Waals surface area contributed by atoms with Gasteiger partial charge in [0.05, 0.1) is 0 Å². The number of aromatic nitrogens is 2. The average Bonchev–Trinajstić information content (AvgIpc) is 2.85. The number of nitrogens with zero attached hydrogens (tertiary/aromatic N) is 2. The molecular formula is C12H19N3. The molecule has 0 radical (unpaired) electrons. The van der Waals surface area contributed by atoms with Gasteiger partial charge in [-0.15, -0.1) is 0 Å². The number of hydrogen-bond donors (Lipinski definition) is 1. The van der Waals surface area contributed by atoms with Gasteiger partial charge < -0.3 is 9.88 Å². The van der Waals surface area contributed by atoms with E-state index in [1.165, 1.54) is 32.1 Å². The van der Waals surface area contributed by atoms with Crippen molar-refractivity contribution < 1.29 is 0 Å². The molecule has 2 aliphatic carbocycles. The lowest BCUT2D eigenvalue weighted by Gasteiger charge is -2.32. The first kappa shape index (κ1) is 9.25. The van der Waals surface area contributed by atoms with Crippen LogP contribution in [0.4, 0.5) is 5.95 Å². The maximum atomic E-state index is 4.41. The van der Waals surface area contributed by atoms with Gasteiger partial charge in [0.25, 0.3) is 0 Å². The van der Waals surface area contributed by atoms with E-state index in [0.717, 1.165) is 17.9 Å². The van der Waals surface area contributed by atoms with E-state index in [9.17, 15) is 0 Å². The molecule has 1 aromatic rings. The van der Waals surface area contributed by atoms with E-state index in [1.807, 2.05) is 6.20 Å². The minimum absolute atomic E-state index is 0.582. The highest BCUT2D eigenvalue weighted by Crippen LogP contribution is 2.37. The molecule has 15 heavy (non-hydrogen) atoms. The van der Waals surface area contributed by atoms with Crippen LogP contribution in [0.25, 0.3) is 0 Å². The molecule has 3 nitrogen and oxygen atoms in total. The maximum Gasteiger partial charge on any atom is 0.203 e. The van der Waals surface area contributed by atoms with Gasteiger partial charge in [-0.25, -0.2) is 4.98 Å². The number of hydrogen-bond acceptors (Lipinski definition) is 2. The Morgan fingerprint density at radius 2 is 2.20 bits per heavy atom. The van der Waals surface area contributed by atoms with Crippen molar-refractivity contribution in [2.75, 3.05) is 5.32 Å². The minimum atomic E-state index is 0.582. The highest BCUT2D eigenvalue weighted by molar-refractivity contribution is 5.29. The molecule has 1 N–H and O–H groups in total. The molecule has 3 heteroatoms. The number of rotatable bonds is 4. The normalized spacial score (nSPS) is 23.5. The zero-order valence-electron chi connectivity index (χ0n) is 9.32. The average molecular weight is 205 g/mol. The van der Waals surface area contributed by atoms with Crippen molar-refractivity contribution in [1.82, 2.24) is 9.55 Å². The zero-order chi connectivity index (χ0) is 10.3. The van der Waals surface area contributed by atoms with Gasteiger partial charge in [0.15, 0.2) is 0 Å². The molecule has 0 aliphatic heterocycles. The molecule has 82 valence electrons. The largest absolute Gasteiger partial charge is 0.353 e. The van der Waals surface area contributed by atoms with Crippen LogP contribution in [0.15, 0.2) is 12.4 Å². The fraction of sp³-hybridized carbons (Fsp3) is 0.750. The summed E-state index contributed by atoms with van der Waals surface area (Å²) in [4.78, 5) is 4.41. The fourth-order valence-corrected chi connectivity index (χ4v) is 2.33. The second-order valence-corrected chi connectivity index (χ2v) is 5.01. The predicted molar refractivity (Wildman–Crippen MR) is 60.9 cm³/mol. The highest BCUT2D eigenvalue weighted by atomic mass is 15.2. The third-order valence-electron chi connectivity index (χ3n) is 3.82. The van der Waals surface area contributed by atoms with E-state index in [4.69, 9.17) is 0 Å². The third-order valence-corrected chi connectivity index (χ3v) is 3.82. The van der Waals surface area contributed by atoms with Crippen LogP contribution >= 0.6 is 0 Å². The lowest BCUT2D eigenvalue weighted by molar-refractivity contribution is 0.284. The van der Waals surface area contributed by atoms with E-state index in [0.29, 0.717) is 6.04 Å². The van der Waals surface area contributed by atoms with Crippen LogP contribution < -0.4 is 5.32 Å². The van der Waals surface area contributed by atoms with Crippen LogP contribution in [-0.4, -0.2) is 15.6 Å². The second kappa shape index (κ2) is 3.54. The molecule has 1 aromatic heterocycles. The van der Waals surface area contributed by atoms with Crippen molar-refractivity contribution in [1.29, 1.82) is 0 Å². The molecule has 3 rings (SSSR count). The third kappa shape index (κ3) is 1.75. The van der Waals surface area contributed by atoms with Gasteiger partial charge in [-0.1, -0.05) is 6.42 Å². The van der Waals surface area contributed by atoms with Crippen LogP contribution in [0.5, 0.6) is 0 Å². The van der Waals surface area contributed by atoms with E-state index >= 15 is 0 Å². The van der Waals surface area contributed by atoms with Crippen LogP contribution in [-0.2, 0) is 0 Å². The van der Waals surface area contributed by atoms with Gasteiger partial charge in [-0.05, 0) is 38.5 Å². The van der Waals surface area contributed by atoms with Crippen LogP contribution in [0.1, 0.15) is 45.1 Å². The summed E-state index contributed by atoms with van der Waals surface area (Å²) >= 11 is 0. The Hall–Kier alpha value is -0.990. The summed E-state index contributed by atoms with van der Waals surface area (Å²) in [6.07, 6.45) is 10.8. The van der Waals surface area contributed by atoms with E-state index in [1.54, 1.807) is 0 Å². The standard InChI is InChI=1S/C12H19N3/c1-9(10-3-2-4-10)14-12-13-7-8-15(12)11-5-6-11/h7-11H,2-6H2,1H3,(H,13,14). The Morgan fingerprint density at radius 1 is 1.40 bits per heavy atom. The molecule has 0 aromatic carbocycles. The van der Waals surface area contributed by atoms with Crippen molar-refractivity contribution in [3.8, 4) is 0 Å². The maximum absolute atomic E-state index is 4.41. The van der Waals surface area contributed by atoms with Crippen LogP contribution in [0.3, 0.4) is 0 Å². The summed E-state index contributed by atoms with van der Waals surface area (Å²) in [5.41, 5.74) is 0.